The highest BCUT2D eigenvalue weighted by Gasteiger charge is 2.40. The Labute approximate surface area is 132 Å². The maximum atomic E-state index is 12.6. The Morgan fingerprint density at radius 2 is 2.04 bits per heavy atom. The Balaban J connectivity index is 1.66. The summed E-state index contributed by atoms with van der Waals surface area (Å²) in [7, 11) is 0. The lowest BCUT2D eigenvalue weighted by atomic mass is 9.93. The van der Waals surface area contributed by atoms with Gasteiger partial charge in [0, 0.05) is 19.0 Å². The van der Waals surface area contributed by atoms with Gasteiger partial charge < -0.3 is 4.90 Å². The molecular formula is C14H20F3N5O. The summed E-state index contributed by atoms with van der Waals surface area (Å²) in [5, 5.41) is 6.70. The first-order chi connectivity index (χ1) is 10.9. The minimum atomic E-state index is -4.35. The highest BCUT2D eigenvalue weighted by atomic mass is 19.4. The number of H-pyrrole nitrogens is 1. The van der Waals surface area contributed by atoms with E-state index in [1.807, 2.05) is 4.90 Å². The van der Waals surface area contributed by atoms with Crippen LogP contribution in [0.15, 0.2) is 6.33 Å². The first-order valence-corrected chi connectivity index (χ1v) is 7.89. The molecule has 1 amide bonds. The number of aromatic amines is 1. The molecule has 128 valence electrons. The molecule has 3 heterocycles. The number of hydrogen-bond acceptors (Lipinski definition) is 4. The highest BCUT2D eigenvalue weighted by Crippen LogP contribution is 2.29. The number of likely N-dealkylation sites (tertiary alicyclic amines) is 2. The van der Waals surface area contributed by atoms with Crippen molar-refractivity contribution >= 4 is 5.91 Å². The lowest BCUT2D eigenvalue weighted by Gasteiger charge is -2.41. The third kappa shape index (κ3) is 3.82. The molecule has 2 aliphatic heterocycles. The van der Waals surface area contributed by atoms with Gasteiger partial charge in [0.05, 0.1) is 6.04 Å². The summed E-state index contributed by atoms with van der Waals surface area (Å²) in [4.78, 5) is 19.6. The van der Waals surface area contributed by atoms with Crippen molar-refractivity contribution in [2.45, 2.75) is 43.8 Å². The minimum Gasteiger partial charge on any atom is -0.332 e. The zero-order valence-electron chi connectivity index (χ0n) is 12.7. The van der Waals surface area contributed by atoms with E-state index >= 15 is 0 Å². The van der Waals surface area contributed by atoms with Crippen LogP contribution in [-0.4, -0.2) is 69.3 Å². The molecule has 23 heavy (non-hydrogen) atoms. The lowest BCUT2D eigenvalue weighted by Crippen LogP contribution is -2.56. The normalized spacial score (nSPS) is 27.4. The molecule has 2 aliphatic rings. The molecule has 0 aliphatic carbocycles. The van der Waals surface area contributed by atoms with Gasteiger partial charge in [-0.15, -0.1) is 0 Å². The van der Waals surface area contributed by atoms with Crippen LogP contribution < -0.4 is 0 Å². The van der Waals surface area contributed by atoms with Gasteiger partial charge in [0.1, 0.15) is 18.7 Å². The van der Waals surface area contributed by atoms with Gasteiger partial charge in [-0.2, -0.15) is 18.3 Å². The lowest BCUT2D eigenvalue weighted by molar-refractivity contribution is -0.168. The van der Waals surface area contributed by atoms with Crippen molar-refractivity contribution in [2.75, 3.05) is 26.2 Å². The zero-order valence-corrected chi connectivity index (χ0v) is 12.7. The number of carbonyl (C=O) groups excluding carboxylic acids is 1. The van der Waals surface area contributed by atoms with Crippen molar-refractivity contribution in [1.29, 1.82) is 0 Å². The molecule has 0 radical (unpaired) electrons. The largest absolute Gasteiger partial charge is 0.406 e. The number of carbonyl (C=O) groups is 1. The molecule has 9 heteroatoms. The molecule has 2 saturated heterocycles. The highest BCUT2D eigenvalue weighted by molar-refractivity contribution is 5.82. The molecule has 3 rings (SSSR count). The topological polar surface area (TPSA) is 65.1 Å². The average Bonchev–Trinajstić information content (AvgIpc) is 3.03. The van der Waals surface area contributed by atoms with Crippen LogP contribution in [0, 0.1) is 0 Å². The molecule has 1 aromatic rings. The van der Waals surface area contributed by atoms with Crippen molar-refractivity contribution < 1.29 is 18.0 Å². The van der Waals surface area contributed by atoms with Crippen LogP contribution in [-0.2, 0) is 4.79 Å². The maximum absolute atomic E-state index is 12.6. The van der Waals surface area contributed by atoms with E-state index in [-0.39, 0.29) is 12.5 Å². The van der Waals surface area contributed by atoms with Crippen LogP contribution in [0.3, 0.4) is 0 Å². The molecule has 2 unspecified atom stereocenters. The summed E-state index contributed by atoms with van der Waals surface area (Å²) in [6, 6.07) is -0.447. The quantitative estimate of drug-likeness (QED) is 0.912. The van der Waals surface area contributed by atoms with Crippen LogP contribution in [0.1, 0.15) is 37.4 Å². The Morgan fingerprint density at radius 1 is 1.26 bits per heavy atom. The summed E-state index contributed by atoms with van der Waals surface area (Å²) in [6.45, 7) is 0.405. The number of nitrogens with zero attached hydrogens (tertiary/aromatic N) is 4. The number of nitrogens with one attached hydrogen (secondary N) is 1. The Hall–Kier alpha value is -1.64. The number of alkyl halides is 3. The van der Waals surface area contributed by atoms with Gasteiger partial charge in [0.15, 0.2) is 0 Å². The smallest absolute Gasteiger partial charge is 0.332 e. The summed E-state index contributed by atoms with van der Waals surface area (Å²) >= 11 is 0. The van der Waals surface area contributed by atoms with Gasteiger partial charge in [0.2, 0.25) is 5.91 Å². The second-order valence-electron chi connectivity index (χ2n) is 6.24. The van der Waals surface area contributed by atoms with E-state index in [4.69, 9.17) is 0 Å². The summed E-state index contributed by atoms with van der Waals surface area (Å²) in [5.74, 6) is 0.536. The van der Waals surface area contributed by atoms with E-state index in [0.717, 1.165) is 30.1 Å². The average molecular weight is 331 g/mol. The summed E-state index contributed by atoms with van der Waals surface area (Å²) < 4.78 is 37.8. The van der Waals surface area contributed by atoms with Crippen LogP contribution in [0.2, 0.25) is 0 Å². The van der Waals surface area contributed by atoms with Crippen molar-refractivity contribution in [3.63, 3.8) is 0 Å². The number of amides is 1. The maximum Gasteiger partial charge on any atom is 0.406 e. The monoisotopic (exact) mass is 331 g/mol. The van der Waals surface area contributed by atoms with Crippen molar-refractivity contribution in [2.24, 2.45) is 0 Å². The van der Waals surface area contributed by atoms with Crippen LogP contribution in [0.5, 0.6) is 0 Å². The molecule has 6 nitrogen and oxygen atoms in total. The Kier molecular flexibility index (Phi) is 4.56. The number of hydrogen-bond donors (Lipinski definition) is 1. The molecule has 0 aromatic carbocycles. The molecule has 0 bridgehead atoms. The van der Waals surface area contributed by atoms with Crippen molar-refractivity contribution in [3.05, 3.63) is 12.2 Å². The fourth-order valence-electron chi connectivity index (χ4n) is 3.56. The SMILES string of the molecule is O=C1C(N2CCCC(c3ncn[nH]3)C2)CCCN1CC(F)(F)F. The van der Waals surface area contributed by atoms with Crippen molar-refractivity contribution in [3.8, 4) is 0 Å². The molecular weight excluding hydrogens is 311 g/mol. The van der Waals surface area contributed by atoms with Gasteiger partial charge >= 0.3 is 6.18 Å². The van der Waals surface area contributed by atoms with Crippen LogP contribution >= 0.6 is 0 Å². The molecule has 1 N–H and O–H groups in total. The van der Waals surface area contributed by atoms with E-state index < -0.39 is 24.7 Å². The molecule has 2 atom stereocenters. The minimum absolute atomic E-state index is 0.150. The van der Waals surface area contributed by atoms with Gasteiger partial charge in [-0.1, -0.05) is 0 Å². The fourth-order valence-corrected chi connectivity index (χ4v) is 3.56. The van der Waals surface area contributed by atoms with E-state index in [1.54, 1.807) is 0 Å². The predicted molar refractivity (Wildman–Crippen MR) is 75.6 cm³/mol. The van der Waals surface area contributed by atoms with E-state index in [2.05, 4.69) is 15.2 Å². The fraction of sp³-hybridized carbons (Fsp3) is 0.786. The Morgan fingerprint density at radius 3 is 2.74 bits per heavy atom. The standard InChI is InChI=1S/C14H20F3N5O/c15-14(16,17)8-22-6-2-4-11(13(22)23)21-5-1-3-10(7-21)12-18-9-19-20-12/h9-11H,1-8H2,(H,18,19,20). The molecule has 0 saturated carbocycles. The third-order valence-electron chi connectivity index (χ3n) is 4.59. The van der Waals surface area contributed by atoms with Gasteiger partial charge in [-0.05, 0) is 32.2 Å². The Bertz CT molecular complexity index is 533. The molecule has 0 spiro atoms. The third-order valence-corrected chi connectivity index (χ3v) is 4.59. The summed E-state index contributed by atoms with van der Waals surface area (Å²) in [6.07, 6.45) is 0.173. The first-order valence-electron chi connectivity index (χ1n) is 7.89. The predicted octanol–water partition coefficient (Wildman–Crippen LogP) is 1.54. The molecule has 2 fully saturated rings. The first kappa shape index (κ1) is 16.2. The number of halogens is 3. The second kappa shape index (κ2) is 6.46. The van der Waals surface area contributed by atoms with Crippen LogP contribution in [0.4, 0.5) is 13.2 Å². The second-order valence-corrected chi connectivity index (χ2v) is 6.24. The van der Waals surface area contributed by atoms with E-state index in [9.17, 15) is 18.0 Å². The number of rotatable bonds is 3. The number of piperidine rings is 2. The van der Waals surface area contributed by atoms with Crippen LogP contribution in [0.25, 0.3) is 0 Å². The molecule has 1 aromatic heterocycles. The van der Waals surface area contributed by atoms with Crippen molar-refractivity contribution in [1.82, 2.24) is 25.0 Å². The summed E-state index contributed by atoms with van der Waals surface area (Å²) in [5.41, 5.74) is 0. The van der Waals surface area contributed by atoms with Gasteiger partial charge in [-0.25, -0.2) is 4.98 Å². The zero-order chi connectivity index (χ0) is 16.4. The number of aromatic nitrogens is 3. The van der Waals surface area contributed by atoms with Gasteiger partial charge in [0.25, 0.3) is 0 Å². The van der Waals surface area contributed by atoms with E-state index in [1.165, 1.54) is 6.33 Å². The van der Waals surface area contributed by atoms with Gasteiger partial charge in [-0.3, -0.25) is 14.8 Å². The van der Waals surface area contributed by atoms with E-state index in [0.29, 0.717) is 19.4 Å².